The number of hydrogen-bond donors (Lipinski definition) is 1. The maximum Gasteiger partial charge on any atom is 0.203 e. The van der Waals surface area contributed by atoms with Gasteiger partial charge in [0.1, 0.15) is 12.4 Å². The fourth-order valence-electron chi connectivity index (χ4n) is 3.04. The number of hydrogen-bond acceptors (Lipinski definition) is 7. The van der Waals surface area contributed by atoms with Crippen molar-refractivity contribution in [3.05, 3.63) is 41.5 Å². The summed E-state index contributed by atoms with van der Waals surface area (Å²) < 4.78 is 27.6. The number of ether oxygens (including phenoxy) is 5. The van der Waals surface area contributed by atoms with Gasteiger partial charge in [-0.15, -0.1) is 0 Å². The highest BCUT2D eigenvalue weighted by atomic mass is 16.5. The first kappa shape index (κ1) is 19.7. The molecule has 0 atom stereocenters. The summed E-state index contributed by atoms with van der Waals surface area (Å²) in [5.74, 6) is 3.92. The van der Waals surface area contributed by atoms with Gasteiger partial charge in [0.05, 0.1) is 28.4 Å². The van der Waals surface area contributed by atoms with Crippen molar-refractivity contribution in [1.29, 1.82) is 0 Å². The van der Waals surface area contributed by atoms with Gasteiger partial charge in [-0.25, -0.2) is 0 Å². The third kappa shape index (κ3) is 4.24. The number of aliphatic imine (C=N–C) groups is 1. The van der Waals surface area contributed by atoms with Crippen LogP contribution in [0.5, 0.6) is 28.7 Å². The van der Waals surface area contributed by atoms with Gasteiger partial charge < -0.3 is 29.0 Å². The van der Waals surface area contributed by atoms with Crippen LogP contribution in [0.25, 0.3) is 0 Å². The van der Waals surface area contributed by atoms with Gasteiger partial charge in [-0.3, -0.25) is 4.99 Å². The standard InChI is InChI=1S/C21H26N2O5/c1-24-17-12-15(21-22-8-5-9-23-21)6-7-16(17)28-13-14-10-18(25-2)20(27-4)19(11-14)26-3/h6-7,10-12H,5,8-9,13H2,1-4H3,(H,22,23). The minimum absolute atomic E-state index is 0.325. The molecule has 2 aromatic carbocycles. The first-order valence-corrected chi connectivity index (χ1v) is 9.08. The molecule has 1 N–H and O–H groups in total. The van der Waals surface area contributed by atoms with E-state index in [0.29, 0.717) is 35.4 Å². The van der Waals surface area contributed by atoms with Crippen molar-refractivity contribution in [3.8, 4) is 28.7 Å². The molecule has 2 aromatic rings. The molecule has 0 saturated heterocycles. The summed E-state index contributed by atoms with van der Waals surface area (Å²) in [6.45, 7) is 2.09. The van der Waals surface area contributed by atoms with E-state index in [1.54, 1.807) is 28.4 Å². The van der Waals surface area contributed by atoms with Crippen LogP contribution in [-0.4, -0.2) is 47.4 Å². The van der Waals surface area contributed by atoms with Crippen LogP contribution in [0, 0.1) is 0 Å². The summed E-state index contributed by atoms with van der Waals surface area (Å²) in [7, 11) is 6.38. The largest absolute Gasteiger partial charge is 0.493 e. The molecule has 0 radical (unpaired) electrons. The lowest BCUT2D eigenvalue weighted by molar-refractivity contribution is 0.281. The molecular formula is C21H26N2O5. The molecule has 0 bridgehead atoms. The molecule has 0 fully saturated rings. The maximum atomic E-state index is 5.99. The molecule has 3 rings (SSSR count). The van der Waals surface area contributed by atoms with Gasteiger partial charge in [0.25, 0.3) is 0 Å². The number of nitrogens with one attached hydrogen (secondary N) is 1. The molecule has 1 heterocycles. The van der Waals surface area contributed by atoms with Gasteiger partial charge in [0.15, 0.2) is 23.0 Å². The van der Waals surface area contributed by atoms with Crippen molar-refractivity contribution in [2.24, 2.45) is 4.99 Å². The Morgan fingerprint density at radius 3 is 2.14 bits per heavy atom. The Hall–Kier alpha value is -3.09. The molecule has 1 aliphatic heterocycles. The molecule has 7 heteroatoms. The van der Waals surface area contributed by atoms with Crippen LogP contribution >= 0.6 is 0 Å². The van der Waals surface area contributed by atoms with Crippen molar-refractivity contribution in [3.63, 3.8) is 0 Å². The molecule has 7 nitrogen and oxygen atoms in total. The Kier molecular flexibility index (Phi) is 6.47. The smallest absolute Gasteiger partial charge is 0.203 e. The highest BCUT2D eigenvalue weighted by molar-refractivity contribution is 5.99. The van der Waals surface area contributed by atoms with Gasteiger partial charge in [0, 0.05) is 18.7 Å². The highest BCUT2D eigenvalue weighted by Crippen LogP contribution is 2.38. The van der Waals surface area contributed by atoms with Crippen LogP contribution in [0.15, 0.2) is 35.3 Å². The first-order valence-electron chi connectivity index (χ1n) is 9.08. The number of benzene rings is 2. The molecule has 0 aromatic heterocycles. The fourth-order valence-corrected chi connectivity index (χ4v) is 3.04. The lowest BCUT2D eigenvalue weighted by atomic mass is 10.1. The first-order chi connectivity index (χ1) is 13.7. The van der Waals surface area contributed by atoms with Crippen molar-refractivity contribution < 1.29 is 23.7 Å². The molecule has 0 saturated carbocycles. The maximum absolute atomic E-state index is 5.99. The van der Waals surface area contributed by atoms with Crippen molar-refractivity contribution >= 4 is 5.84 Å². The average molecular weight is 386 g/mol. The van der Waals surface area contributed by atoms with E-state index in [-0.39, 0.29) is 0 Å². The lowest BCUT2D eigenvalue weighted by Crippen LogP contribution is -2.30. The third-order valence-corrected chi connectivity index (χ3v) is 4.45. The van der Waals surface area contributed by atoms with E-state index in [4.69, 9.17) is 23.7 Å². The topological polar surface area (TPSA) is 70.5 Å². The number of methoxy groups -OCH3 is 4. The molecule has 0 unspecified atom stereocenters. The summed E-state index contributed by atoms with van der Waals surface area (Å²) in [5, 5.41) is 3.31. The van der Waals surface area contributed by atoms with Crippen molar-refractivity contribution in [2.45, 2.75) is 13.0 Å². The van der Waals surface area contributed by atoms with Crippen LogP contribution in [0.4, 0.5) is 0 Å². The zero-order valence-electron chi connectivity index (χ0n) is 16.7. The van der Waals surface area contributed by atoms with E-state index in [1.807, 2.05) is 30.3 Å². The average Bonchev–Trinajstić information content (AvgIpc) is 2.77. The summed E-state index contributed by atoms with van der Waals surface area (Å²) >= 11 is 0. The van der Waals surface area contributed by atoms with Crippen LogP contribution < -0.4 is 29.0 Å². The third-order valence-electron chi connectivity index (χ3n) is 4.45. The van der Waals surface area contributed by atoms with Crippen LogP contribution in [0.1, 0.15) is 17.5 Å². The molecule has 0 amide bonds. The minimum Gasteiger partial charge on any atom is -0.493 e. The van der Waals surface area contributed by atoms with Crippen molar-refractivity contribution in [2.75, 3.05) is 41.5 Å². The second-order valence-corrected chi connectivity index (χ2v) is 6.20. The zero-order chi connectivity index (χ0) is 19.9. The normalized spacial score (nSPS) is 13.2. The van der Waals surface area contributed by atoms with Gasteiger partial charge in [-0.05, 0) is 42.3 Å². The second-order valence-electron chi connectivity index (χ2n) is 6.20. The summed E-state index contributed by atoms with van der Waals surface area (Å²) in [6, 6.07) is 9.53. The van der Waals surface area contributed by atoms with Crippen LogP contribution in [-0.2, 0) is 6.61 Å². The summed E-state index contributed by atoms with van der Waals surface area (Å²) in [4.78, 5) is 4.52. The summed E-state index contributed by atoms with van der Waals surface area (Å²) in [5.41, 5.74) is 1.87. The Morgan fingerprint density at radius 1 is 0.857 bits per heavy atom. The van der Waals surface area contributed by atoms with E-state index in [9.17, 15) is 0 Å². The lowest BCUT2D eigenvalue weighted by Gasteiger charge is -2.17. The Labute approximate surface area is 165 Å². The SMILES string of the molecule is COc1cc(C2=NCCCN2)ccc1OCc1cc(OC)c(OC)c(OC)c1. The molecule has 150 valence electrons. The van der Waals surface area contributed by atoms with Gasteiger partial charge in [-0.2, -0.15) is 0 Å². The minimum atomic E-state index is 0.325. The van der Waals surface area contributed by atoms with Gasteiger partial charge in [0.2, 0.25) is 5.75 Å². The van der Waals surface area contributed by atoms with Crippen molar-refractivity contribution in [1.82, 2.24) is 5.32 Å². The van der Waals surface area contributed by atoms with E-state index in [2.05, 4.69) is 10.3 Å². The van der Waals surface area contributed by atoms with E-state index < -0.39 is 0 Å². The van der Waals surface area contributed by atoms with Crippen LogP contribution in [0.2, 0.25) is 0 Å². The van der Waals surface area contributed by atoms with Gasteiger partial charge in [-0.1, -0.05) is 0 Å². The van der Waals surface area contributed by atoms with Crippen LogP contribution in [0.3, 0.4) is 0 Å². The second kappa shape index (κ2) is 9.21. The summed E-state index contributed by atoms with van der Waals surface area (Å²) in [6.07, 6.45) is 1.05. The van der Waals surface area contributed by atoms with E-state index in [0.717, 1.165) is 36.5 Å². The Balaban J connectivity index is 1.79. The monoisotopic (exact) mass is 386 g/mol. The number of amidine groups is 1. The van der Waals surface area contributed by atoms with Gasteiger partial charge >= 0.3 is 0 Å². The molecule has 0 spiro atoms. The number of rotatable bonds is 8. The molecular weight excluding hydrogens is 360 g/mol. The zero-order valence-corrected chi connectivity index (χ0v) is 16.7. The van der Waals surface area contributed by atoms with E-state index in [1.165, 1.54) is 0 Å². The molecule has 0 aliphatic carbocycles. The molecule has 28 heavy (non-hydrogen) atoms. The number of nitrogens with zero attached hydrogens (tertiary/aromatic N) is 1. The highest BCUT2D eigenvalue weighted by Gasteiger charge is 2.15. The Bertz CT molecular complexity index is 826. The predicted octanol–water partition coefficient (Wildman–Crippen LogP) is 3.04. The quantitative estimate of drug-likeness (QED) is 0.752. The fraction of sp³-hybridized carbons (Fsp3) is 0.381. The van der Waals surface area contributed by atoms with E-state index >= 15 is 0 Å². The Morgan fingerprint density at radius 2 is 1.57 bits per heavy atom. The predicted molar refractivity (Wildman–Crippen MR) is 107 cm³/mol. The molecule has 1 aliphatic rings.